The number of carbonyl (C=O) groups is 2. The van der Waals surface area contributed by atoms with Crippen molar-refractivity contribution in [2.45, 2.75) is 77.6 Å². The Balaban J connectivity index is 1.49. The van der Waals surface area contributed by atoms with Crippen molar-refractivity contribution in [2.24, 2.45) is 29.1 Å². The zero-order valence-electron chi connectivity index (χ0n) is 17.8. The summed E-state index contributed by atoms with van der Waals surface area (Å²) in [4.78, 5) is 28.0. The lowest BCUT2D eigenvalue weighted by molar-refractivity contribution is -0.159. The van der Waals surface area contributed by atoms with Crippen LogP contribution < -0.4 is 0 Å². The lowest BCUT2D eigenvalue weighted by atomic mass is 9.49. The van der Waals surface area contributed by atoms with Gasteiger partial charge in [-0.25, -0.2) is 0 Å². The predicted octanol–water partition coefficient (Wildman–Crippen LogP) is 4.73. The molecule has 1 atom stereocenters. The van der Waals surface area contributed by atoms with Gasteiger partial charge in [-0.2, -0.15) is 0 Å². The minimum atomic E-state index is -0.261. The number of carbonyl (C=O) groups excluding carboxylic acids is 2. The summed E-state index contributed by atoms with van der Waals surface area (Å²) in [7, 11) is 1.44. The van der Waals surface area contributed by atoms with Gasteiger partial charge < -0.3 is 9.64 Å². The van der Waals surface area contributed by atoms with E-state index in [4.69, 9.17) is 4.74 Å². The monoisotopic (exact) mass is 387 g/mol. The molecule has 4 fully saturated rings. The van der Waals surface area contributed by atoms with Crippen LogP contribution >= 0.6 is 0 Å². The molecule has 0 aliphatic heterocycles. The number of rotatable bonds is 7. The highest BCUT2D eigenvalue weighted by Gasteiger charge is 2.55. The number of hydrogen-bond donors (Lipinski definition) is 0. The molecule has 4 heteroatoms. The molecule has 0 N–H and O–H groups in total. The molecule has 1 amide bonds. The summed E-state index contributed by atoms with van der Waals surface area (Å²) in [5.74, 6) is 2.16. The third-order valence-electron chi connectivity index (χ3n) is 7.96. The van der Waals surface area contributed by atoms with Gasteiger partial charge in [-0.15, -0.1) is 0 Å². The fourth-order valence-corrected chi connectivity index (χ4v) is 7.00. The van der Waals surface area contributed by atoms with Gasteiger partial charge >= 0.3 is 5.97 Å². The Morgan fingerprint density at radius 3 is 2.32 bits per heavy atom. The standard InChI is InChI=1S/C24H37NO3/c1-17(22(26)28-2)16-25(9-8-18-6-4-3-5-7-18)23(27)24-13-19-10-20(14-24)12-21(11-19)15-24/h6,17,19-21H,3-5,7-16H2,1-2H3. The Kier molecular flexibility index (Phi) is 5.85. The molecule has 0 radical (unpaired) electrons. The second-order valence-corrected chi connectivity index (χ2v) is 10.2. The molecule has 0 aromatic heterocycles. The number of allylic oxidation sites excluding steroid dienone is 1. The van der Waals surface area contributed by atoms with E-state index >= 15 is 0 Å². The summed E-state index contributed by atoms with van der Waals surface area (Å²) in [5, 5.41) is 0. The highest BCUT2D eigenvalue weighted by molar-refractivity contribution is 5.84. The number of ether oxygens (including phenoxy) is 1. The van der Waals surface area contributed by atoms with E-state index in [1.54, 1.807) is 0 Å². The van der Waals surface area contributed by atoms with Crippen LogP contribution in [0.25, 0.3) is 0 Å². The Labute approximate surface area is 170 Å². The molecular formula is C24H37NO3. The lowest BCUT2D eigenvalue weighted by Crippen LogP contribution is -2.55. The molecule has 0 aromatic rings. The number of hydrogen-bond acceptors (Lipinski definition) is 3. The van der Waals surface area contributed by atoms with Crippen LogP contribution in [0.2, 0.25) is 0 Å². The Bertz CT molecular complexity index is 602. The molecule has 156 valence electrons. The third-order valence-corrected chi connectivity index (χ3v) is 7.96. The molecule has 5 aliphatic rings. The average Bonchev–Trinajstić information content (AvgIpc) is 2.69. The summed E-state index contributed by atoms with van der Waals surface area (Å²) >= 11 is 0. The van der Waals surface area contributed by atoms with E-state index in [0.717, 1.165) is 50.0 Å². The fourth-order valence-electron chi connectivity index (χ4n) is 7.00. The number of esters is 1. The van der Waals surface area contributed by atoms with Crippen molar-refractivity contribution in [1.29, 1.82) is 0 Å². The summed E-state index contributed by atoms with van der Waals surface area (Å²) in [5.41, 5.74) is 1.37. The van der Waals surface area contributed by atoms with E-state index in [2.05, 4.69) is 6.08 Å². The lowest BCUT2D eigenvalue weighted by Gasteiger charge is -2.56. The van der Waals surface area contributed by atoms with E-state index in [0.29, 0.717) is 12.5 Å². The van der Waals surface area contributed by atoms with Crippen molar-refractivity contribution >= 4 is 11.9 Å². The van der Waals surface area contributed by atoms with Crippen LogP contribution in [0.5, 0.6) is 0 Å². The van der Waals surface area contributed by atoms with Crippen molar-refractivity contribution in [2.75, 3.05) is 20.2 Å². The van der Waals surface area contributed by atoms with Gasteiger partial charge in [0, 0.05) is 13.1 Å². The molecule has 5 aliphatic carbocycles. The maximum absolute atomic E-state index is 13.9. The van der Waals surface area contributed by atoms with Crippen molar-refractivity contribution in [3.8, 4) is 0 Å². The zero-order chi connectivity index (χ0) is 19.7. The van der Waals surface area contributed by atoms with E-state index in [1.165, 1.54) is 57.6 Å². The molecule has 1 unspecified atom stereocenters. The predicted molar refractivity (Wildman–Crippen MR) is 110 cm³/mol. The topological polar surface area (TPSA) is 46.6 Å². The number of nitrogens with zero attached hydrogens (tertiary/aromatic N) is 1. The largest absolute Gasteiger partial charge is 0.469 e. The molecule has 4 bridgehead atoms. The van der Waals surface area contributed by atoms with Crippen molar-refractivity contribution in [3.63, 3.8) is 0 Å². The van der Waals surface area contributed by atoms with Crippen LogP contribution in [0.15, 0.2) is 11.6 Å². The summed E-state index contributed by atoms with van der Waals surface area (Å²) in [6.07, 6.45) is 15.5. The van der Waals surface area contributed by atoms with E-state index in [9.17, 15) is 9.59 Å². The van der Waals surface area contributed by atoms with Crippen LogP contribution in [0, 0.1) is 29.1 Å². The van der Waals surface area contributed by atoms with Crippen LogP contribution in [0.1, 0.15) is 77.6 Å². The highest BCUT2D eigenvalue weighted by Crippen LogP contribution is 2.60. The number of methoxy groups -OCH3 is 1. The van der Waals surface area contributed by atoms with Crippen molar-refractivity contribution in [1.82, 2.24) is 4.90 Å². The molecule has 0 spiro atoms. The molecule has 0 heterocycles. The first-order valence-electron chi connectivity index (χ1n) is 11.5. The second-order valence-electron chi connectivity index (χ2n) is 10.2. The minimum absolute atomic E-state index is 0.133. The molecule has 0 aromatic carbocycles. The van der Waals surface area contributed by atoms with E-state index in [1.807, 2.05) is 11.8 Å². The minimum Gasteiger partial charge on any atom is -0.469 e. The third kappa shape index (κ3) is 4.02. The van der Waals surface area contributed by atoms with Gasteiger partial charge in [-0.05, 0) is 88.4 Å². The first-order chi connectivity index (χ1) is 13.5. The molecule has 4 saturated carbocycles. The van der Waals surface area contributed by atoms with Gasteiger partial charge in [0.1, 0.15) is 0 Å². The molecule has 4 nitrogen and oxygen atoms in total. The normalized spacial score (nSPS) is 34.6. The van der Waals surface area contributed by atoms with Gasteiger partial charge in [0.05, 0.1) is 18.4 Å². The maximum Gasteiger partial charge on any atom is 0.310 e. The van der Waals surface area contributed by atoms with Gasteiger partial charge in [0.15, 0.2) is 0 Å². The molecule has 0 saturated heterocycles. The smallest absolute Gasteiger partial charge is 0.310 e. The SMILES string of the molecule is COC(=O)C(C)CN(CCC1=CCCCC1)C(=O)C12CC3CC(CC(C3)C1)C2. The summed E-state index contributed by atoms with van der Waals surface area (Å²) < 4.78 is 4.95. The van der Waals surface area contributed by atoms with Crippen molar-refractivity contribution < 1.29 is 14.3 Å². The second kappa shape index (κ2) is 8.20. The first-order valence-corrected chi connectivity index (χ1v) is 11.5. The van der Waals surface area contributed by atoms with Gasteiger partial charge in [-0.3, -0.25) is 9.59 Å². The Morgan fingerprint density at radius 2 is 1.79 bits per heavy atom. The number of amides is 1. The Morgan fingerprint density at radius 1 is 1.14 bits per heavy atom. The molecule has 5 rings (SSSR count). The maximum atomic E-state index is 13.9. The van der Waals surface area contributed by atoms with Gasteiger partial charge in [0.25, 0.3) is 0 Å². The summed E-state index contributed by atoms with van der Waals surface area (Å²) in [6.45, 7) is 3.15. The fraction of sp³-hybridized carbons (Fsp3) is 0.833. The highest BCUT2D eigenvalue weighted by atomic mass is 16.5. The zero-order valence-corrected chi connectivity index (χ0v) is 17.8. The van der Waals surface area contributed by atoms with Gasteiger partial charge in [0.2, 0.25) is 5.91 Å². The van der Waals surface area contributed by atoms with Crippen LogP contribution in [0.4, 0.5) is 0 Å². The van der Waals surface area contributed by atoms with Crippen LogP contribution in [0.3, 0.4) is 0 Å². The first kappa shape index (κ1) is 20.0. The molecular weight excluding hydrogens is 350 g/mol. The van der Waals surface area contributed by atoms with E-state index in [-0.39, 0.29) is 17.3 Å². The van der Waals surface area contributed by atoms with E-state index < -0.39 is 0 Å². The van der Waals surface area contributed by atoms with Crippen LogP contribution in [-0.4, -0.2) is 37.0 Å². The molecule has 28 heavy (non-hydrogen) atoms. The van der Waals surface area contributed by atoms with Gasteiger partial charge in [-0.1, -0.05) is 18.6 Å². The average molecular weight is 388 g/mol. The van der Waals surface area contributed by atoms with Crippen molar-refractivity contribution in [3.05, 3.63) is 11.6 Å². The Hall–Kier alpha value is -1.32. The quantitative estimate of drug-likeness (QED) is 0.469. The summed E-state index contributed by atoms with van der Waals surface area (Å²) in [6, 6.07) is 0. The van der Waals surface area contributed by atoms with Crippen LogP contribution in [-0.2, 0) is 14.3 Å².